The molecule has 0 aromatic heterocycles. The van der Waals surface area contributed by atoms with Gasteiger partial charge in [-0.2, -0.15) is 0 Å². The number of amides is 1. The molecule has 4 N–H and O–H groups in total. The molecule has 336 valence electrons. The van der Waals surface area contributed by atoms with Crippen LogP contribution in [0.5, 0.6) is 0 Å². The van der Waals surface area contributed by atoms with Gasteiger partial charge < -0.3 is 20.6 Å². The third kappa shape index (κ3) is 42.5. The zero-order chi connectivity index (χ0) is 41.5. The number of carbonyl (C=O) groups is 1. The lowest BCUT2D eigenvalue weighted by atomic mass is 10.0. The third-order valence-electron chi connectivity index (χ3n) is 11.7. The number of rotatable bonds is 46. The van der Waals surface area contributed by atoms with Crippen LogP contribution in [-0.2, 0) is 4.79 Å². The maximum absolute atomic E-state index is 12.4. The van der Waals surface area contributed by atoms with Crippen molar-refractivity contribution in [2.45, 2.75) is 283 Å². The van der Waals surface area contributed by atoms with Crippen LogP contribution in [0.4, 0.5) is 0 Å². The first kappa shape index (κ1) is 55.6. The maximum Gasteiger partial charge on any atom is 0.220 e. The quantitative estimate of drug-likeness (QED) is 0.0365. The van der Waals surface area contributed by atoms with E-state index in [0.29, 0.717) is 12.8 Å². The van der Waals surface area contributed by atoms with E-state index in [1.165, 1.54) is 193 Å². The fraction of sp³-hybridized carbons (Fsp3) is 0.865. The van der Waals surface area contributed by atoms with Gasteiger partial charge in [-0.25, -0.2) is 0 Å². The number of hydrogen-bond acceptors (Lipinski definition) is 4. The summed E-state index contributed by atoms with van der Waals surface area (Å²) in [5, 5.41) is 33.5. The summed E-state index contributed by atoms with van der Waals surface area (Å²) in [6.45, 7) is 4.16. The van der Waals surface area contributed by atoms with Gasteiger partial charge in [-0.1, -0.05) is 224 Å². The largest absolute Gasteiger partial charge is 0.394 e. The standard InChI is InChI=1S/C52H99NO4/c1-3-5-7-9-11-13-15-17-18-19-20-21-22-23-24-25-26-27-28-29-30-31-32-33-34-35-37-39-41-43-45-47-51(56)53-49(48-54)52(57)50(55)46-44-42-40-38-36-16-14-12-10-8-6-4-2/h20-21,23-24,38,40,49-50,52,54-55,57H,3-19,22,25-37,39,41-48H2,1-2H3,(H,53,56)/b21-20-,24-23-,40-38+. The second kappa shape index (κ2) is 47.3. The summed E-state index contributed by atoms with van der Waals surface area (Å²) >= 11 is 0. The van der Waals surface area contributed by atoms with Gasteiger partial charge >= 0.3 is 0 Å². The van der Waals surface area contributed by atoms with E-state index in [1.807, 2.05) is 0 Å². The van der Waals surface area contributed by atoms with Crippen molar-refractivity contribution in [3.8, 4) is 0 Å². The van der Waals surface area contributed by atoms with Crippen molar-refractivity contribution in [2.24, 2.45) is 0 Å². The Balaban J connectivity index is 3.53. The Morgan fingerprint density at radius 3 is 1.12 bits per heavy atom. The van der Waals surface area contributed by atoms with Crippen LogP contribution in [-0.4, -0.2) is 46.1 Å². The van der Waals surface area contributed by atoms with Gasteiger partial charge in [0.05, 0.1) is 18.8 Å². The molecule has 5 nitrogen and oxygen atoms in total. The number of allylic oxidation sites excluding steroid dienone is 6. The SMILES string of the molecule is CCCCCCCCC/C=C/CCCC(O)C(O)C(CO)NC(=O)CCCCCCCCCCCCCCCCC/C=C\C/C=C\CCCCCCCCCCC. The van der Waals surface area contributed by atoms with Crippen LogP contribution in [0.2, 0.25) is 0 Å². The topological polar surface area (TPSA) is 89.8 Å². The smallest absolute Gasteiger partial charge is 0.220 e. The highest BCUT2D eigenvalue weighted by molar-refractivity contribution is 5.76. The molecule has 0 saturated carbocycles. The average Bonchev–Trinajstić information content (AvgIpc) is 3.22. The van der Waals surface area contributed by atoms with E-state index < -0.39 is 18.2 Å². The summed E-state index contributed by atoms with van der Waals surface area (Å²) in [5.74, 6) is -0.154. The minimum atomic E-state index is -1.16. The molecule has 0 spiro atoms. The highest BCUT2D eigenvalue weighted by Crippen LogP contribution is 2.16. The summed E-state index contributed by atoms with van der Waals surface area (Å²) < 4.78 is 0. The highest BCUT2D eigenvalue weighted by atomic mass is 16.3. The summed E-state index contributed by atoms with van der Waals surface area (Å²) in [6, 6.07) is -0.824. The molecule has 5 heteroatoms. The van der Waals surface area contributed by atoms with Crippen LogP contribution in [0.25, 0.3) is 0 Å². The molecule has 1 amide bonds. The van der Waals surface area contributed by atoms with Crippen molar-refractivity contribution in [3.63, 3.8) is 0 Å². The number of unbranched alkanes of at least 4 members (excludes halogenated alkanes) is 32. The molecule has 3 atom stereocenters. The number of carbonyl (C=O) groups excluding carboxylic acids is 1. The van der Waals surface area contributed by atoms with Gasteiger partial charge in [0.25, 0.3) is 0 Å². The first-order valence-electron chi connectivity index (χ1n) is 25.3. The van der Waals surface area contributed by atoms with E-state index in [-0.39, 0.29) is 12.5 Å². The van der Waals surface area contributed by atoms with E-state index >= 15 is 0 Å². The van der Waals surface area contributed by atoms with E-state index in [2.05, 4.69) is 55.6 Å². The molecule has 0 radical (unpaired) electrons. The summed E-state index contributed by atoms with van der Waals surface area (Å²) in [6.07, 6.45) is 60.0. The summed E-state index contributed by atoms with van der Waals surface area (Å²) in [4.78, 5) is 12.4. The van der Waals surface area contributed by atoms with Gasteiger partial charge in [-0.3, -0.25) is 4.79 Å². The average molecular weight is 802 g/mol. The molecule has 0 bridgehead atoms. The molecular formula is C52H99NO4. The van der Waals surface area contributed by atoms with E-state index in [4.69, 9.17) is 0 Å². The molecule has 0 aliphatic heterocycles. The van der Waals surface area contributed by atoms with Crippen LogP contribution in [0, 0.1) is 0 Å². The maximum atomic E-state index is 12.4. The van der Waals surface area contributed by atoms with Crippen molar-refractivity contribution in [1.82, 2.24) is 5.32 Å². The Labute approximate surface area is 355 Å². The predicted molar refractivity (Wildman–Crippen MR) is 250 cm³/mol. The second-order valence-electron chi connectivity index (χ2n) is 17.4. The predicted octanol–water partition coefficient (Wildman–Crippen LogP) is 15.1. The molecule has 3 unspecified atom stereocenters. The van der Waals surface area contributed by atoms with E-state index in [0.717, 1.165) is 44.9 Å². The second-order valence-corrected chi connectivity index (χ2v) is 17.4. The van der Waals surface area contributed by atoms with Crippen LogP contribution >= 0.6 is 0 Å². The molecule has 0 fully saturated rings. The molecule has 0 aliphatic rings. The van der Waals surface area contributed by atoms with Gasteiger partial charge in [0.2, 0.25) is 5.91 Å². The highest BCUT2D eigenvalue weighted by Gasteiger charge is 2.26. The fourth-order valence-corrected chi connectivity index (χ4v) is 7.78. The Morgan fingerprint density at radius 1 is 0.439 bits per heavy atom. The van der Waals surface area contributed by atoms with Crippen molar-refractivity contribution in [2.75, 3.05) is 6.61 Å². The normalized spacial score (nSPS) is 13.7. The minimum absolute atomic E-state index is 0.154. The first-order chi connectivity index (χ1) is 28.1. The van der Waals surface area contributed by atoms with Gasteiger partial charge in [-0.05, 0) is 70.6 Å². The molecule has 0 heterocycles. The summed E-state index contributed by atoms with van der Waals surface area (Å²) in [7, 11) is 0. The molecule has 0 aromatic rings. The van der Waals surface area contributed by atoms with Crippen molar-refractivity contribution >= 4 is 5.91 Å². The number of nitrogens with one attached hydrogen (secondary N) is 1. The van der Waals surface area contributed by atoms with Gasteiger partial charge in [0.15, 0.2) is 0 Å². The van der Waals surface area contributed by atoms with Gasteiger partial charge in [0, 0.05) is 6.42 Å². The fourth-order valence-electron chi connectivity index (χ4n) is 7.78. The lowest BCUT2D eigenvalue weighted by Gasteiger charge is -2.26. The van der Waals surface area contributed by atoms with E-state index in [1.54, 1.807) is 0 Å². The van der Waals surface area contributed by atoms with Crippen LogP contribution < -0.4 is 5.32 Å². The Hall–Kier alpha value is -1.43. The number of aliphatic hydroxyl groups excluding tert-OH is 3. The van der Waals surface area contributed by atoms with E-state index in [9.17, 15) is 20.1 Å². The third-order valence-corrected chi connectivity index (χ3v) is 11.7. The Morgan fingerprint density at radius 2 is 0.754 bits per heavy atom. The lowest BCUT2D eigenvalue weighted by Crippen LogP contribution is -2.50. The van der Waals surface area contributed by atoms with Crippen molar-refractivity contribution < 1.29 is 20.1 Å². The Bertz CT molecular complexity index is 885. The van der Waals surface area contributed by atoms with Crippen LogP contribution in [0.1, 0.15) is 264 Å². The van der Waals surface area contributed by atoms with Crippen LogP contribution in [0.3, 0.4) is 0 Å². The minimum Gasteiger partial charge on any atom is -0.394 e. The van der Waals surface area contributed by atoms with Crippen molar-refractivity contribution in [3.05, 3.63) is 36.5 Å². The zero-order valence-electron chi connectivity index (χ0n) is 38.2. The monoisotopic (exact) mass is 802 g/mol. The number of aliphatic hydroxyl groups is 3. The molecule has 57 heavy (non-hydrogen) atoms. The molecule has 0 saturated heterocycles. The van der Waals surface area contributed by atoms with Gasteiger partial charge in [0.1, 0.15) is 6.10 Å². The van der Waals surface area contributed by atoms with Gasteiger partial charge in [-0.15, -0.1) is 0 Å². The molecular weight excluding hydrogens is 703 g/mol. The number of hydrogen-bond donors (Lipinski definition) is 4. The lowest BCUT2D eigenvalue weighted by molar-refractivity contribution is -0.124. The Kier molecular flexibility index (Phi) is 46.1. The molecule has 0 aromatic carbocycles. The van der Waals surface area contributed by atoms with Crippen LogP contribution in [0.15, 0.2) is 36.5 Å². The summed E-state index contributed by atoms with van der Waals surface area (Å²) in [5.41, 5.74) is 0. The first-order valence-corrected chi connectivity index (χ1v) is 25.3. The molecule has 0 rings (SSSR count). The zero-order valence-corrected chi connectivity index (χ0v) is 38.2. The van der Waals surface area contributed by atoms with Crippen molar-refractivity contribution in [1.29, 1.82) is 0 Å². The molecule has 0 aliphatic carbocycles.